The smallest absolute Gasteiger partial charge is 0.349 e. The molecule has 0 aliphatic rings. The summed E-state index contributed by atoms with van der Waals surface area (Å²) in [6.07, 6.45) is 0. The minimum absolute atomic E-state index is 0.00556. The van der Waals surface area contributed by atoms with Crippen molar-refractivity contribution in [1.29, 1.82) is 0 Å². The number of nitrogens with one attached hydrogen (secondary N) is 1. The van der Waals surface area contributed by atoms with Crippen molar-refractivity contribution in [3.8, 4) is 0 Å². The van der Waals surface area contributed by atoms with Crippen LogP contribution in [-0.2, 0) is 0 Å². The highest BCUT2D eigenvalue weighted by atomic mass is 16.4. The molecule has 1 unspecified atom stereocenters. The van der Waals surface area contributed by atoms with Crippen molar-refractivity contribution in [3.63, 3.8) is 0 Å². The first-order valence-corrected chi connectivity index (χ1v) is 5.65. The van der Waals surface area contributed by atoms with E-state index in [9.17, 15) is 9.59 Å². The summed E-state index contributed by atoms with van der Waals surface area (Å²) >= 11 is 0. The van der Waals surface area contributed by atoms with Gasteiger partial charge in [-0.15, -0.1) is 0 Å². The number of hydrogen-bond donors (Lipinski definition) is 2. The number of amides is 1. The van der Waals surface area contributed by atoms with Crippen LogP contribution in [0.1, 0.15) is 17.3 Å². The predicted octanol–water partition coefficient (Wildman–Crippen LogP) is 0.870. The fraction of sp³-hybridized carbons (Fsp3) is 0.231. The van der Waals surface area contributed by atoms with Crippen LogP contribution in [0.3, 0.4) is 0 Å². The van der Waals surface area contributed by atoms with Gasteiger partial charge in [-0.05, 0) is 19.1 Å². The fourth-order valence-corrected chi connectivity index (χ4v) is 1.58. The van der Waals surface area contributed by atoms with Gasteiger partial charge in [0, 0.05) is 18.0 Å². The van der Waals surface area contributed by atoms with Gasteiger partial charge in [-0.2, -0.15) is 0 Å². The Labute approximate surface area is 104 Å². The second-order valence-electron chi connectivity index (χ2n) is 4.10. The molecule has 0 radical (unpaired) electrons. The monoisotopic (exact) mass is 246 g/mol. The first kappa shape index (κ1) is 12.3. The molecule has 2 aromatic rings. The van der Waals surface area contributed by atoms with Gasteiger partial charge in [0.15, 0.2) is 0 Å². The molecule has 0 fully saturated rings. The van der Waals surface area contributed by atoms with Gasteiger partial charge in [-0.25, -0.2) is 4.79 Å². The molecule has 18 heavy (non-hydrogen) atoms. The summed E-state index contributed by atoms with van der Waals surface area (Å²) in [5.74, 6) is -0.465. The summed E-state index contributed by atoms with van der Waals surface area (Å²) in [6.45, 7) is 2.07. The van der Waals surface area contributed by atoms with Gasteiger partial charge < -0.3 is 15.5 Å². The van der Waals surface area contributed by atoms with E-state index in [2.05, 4.69) is 5.32 Å². The van der Waals surface area contributed by atoms with Gasteiger partial charge in [-0.1, -0.05) is 18.2 Å². The van der Waals surface area contributed by atoms with E-state index in [4.69, 9.17) is 10.2 Å². The highest BCUT2D eigenvalue weighted by molar-refractivity contribution is 5.96. The third kappa shape index (κ3) is 2.41. The quantitative estimate of drug-likeness (QED) is 0.787. The molecule has 0 saturated carbocycles. The number of benzene rings is 1. The van der Waals surface area contributed by atoms with Crippen molar-refractivity contribution < 1.29 is 9.21 Å². The van der Waals surface area contributed by atoms with Gasteiger partial charge in [0.2, 0.25) is 0 Å². The van der Waals surface area contributed by atoms with Crippen LogP contribution in [0.25, 0.3) is 11.0 Å². The maximum absolute atomic E-state index is 11.9. The Morgan fingerprint density at radius 1 is 1.44 bits per heavy atom. The van der Waals surface area contributed by atoms with E-state index in [1.807, 2.05) is 6.07 Å². The number of nitrogens with two attached hydrogens (primary N) is 1. The third-order valence-corrected chi connectivity index (χ3v) is 2.62. The van der Waals surface area contributed by atoms with Crippen molar-refractivity contribution in [2.45, 2.75) is 13.0 Å². The Kier molecular flexibility index (Phi) is 3.43. The molecule has 1 heterocycles. The standard InChI is InChI=1S/C13H14N2O3/c1-8(7-14)15-12(16)10-6-9-4-2-3-5-11(9)18-13(10)17/h2-6,8H,7,14H2,1H3,(H,15,16). The summed E-state index contributed by atoms with van der Waals surface area (Å²) < 4.78 is 5.08. The minimum atomic E-state index is -0.643. The van der Waals surface area contributed by atoms with E-state index < -0.39 is 11.5 Å². The number of carbonyl (C=O) groups is 1. The van der Waals surface area contributed by atoms with E-state index in [0.29, 0.717) is 17.5 Å². The number of carbonyl (C=O) groups excluding carboxylic acids is 1. The molecule has 94 valence electrons. The average molecular weight is 246 g/mol. The predicted molar refractivity (Wildman–Crippen MR) is 68.5 cm³/mol. The summed E-state index contributed by atoms with van der Waals surface area (Å²) in [5, 5.41) is 3.34. The molecule has 1 atom stereocenters. The molecule has 0 saturated heterocycles. The highest BCUT2D eigenvalue weighted by Gasteiger charge is 2.14. The maximum atomic E-state index is 11.9. The van der Waals surface area contributed by atoms with Crippen LogP contribution in [0.5, 0.6) is 0 Å². The SMILES string of the molecule is CC(CN)NC(=O)c1cc2ccccc2oc1=O. The topological polar surface area (TPSA) is 85.3 Å². The molecule has 0 spiro atoms. The summed E-state index contributed by atoms with van der Waals surface area (Å²) in [5.41, 5.74) is 5.23. The van der Waals surface area contributed by atoms with Crippen molar-refractivity contribution in [1.82, 2.24) is 5.32 Å². The van der Waals surface area contributed by atoms with Gasteiger partial charge >= 0.3 is 5.63 Å². The molecular formula is C13H14N2O3. The lowest BCUT2D eigenvalue weighted by molar-refractivity contribution is 0.0938. The second-order valence-corrected chi connectivity index (χ2v) is 4.10. The molecule has 3 N–H and O–H groups in total. The van der Waals surface area contributed by atoms with Crippen LogP contribution in [0, 0.1) is 0 Å². The number of para-hydroxylation sites is 1. The maximum Gasteiger partial charge on any atom is 0.349 e. The Morgan fingerprint density at radius 3 is 2.89 bits per heavy atom. The molecule has 2 rings (SSSR count). The lowest BCUT2D eigenvalue weighted by atomic mass is 10.1. The summed E-state index contributed by atoms with van der Waals surface area (Å²) in [7, 11) is 0. The van der Waals surface area contributed by atoms with Crippen molar-refractivity contribution in [3.05, 3.63) is 46.3 Å². The van der Waals surface area contributed by atoms with Crippen LogP contribution >= 0.6 is 0 Å². The van der Waals surface area contributed by atoms with E-state index in [1.54, 1.807) is 25.1 Å². The molecule has 1 aromatic carbocycles. The number of hydrogen-bond acceptors (Lipinski definition) is 4. The first-order chi connectivity index (χ1) is 8.61. The Hall–Kier alpha value is -2.14. The zero-order chi connectivity index (χ0) is 13.1. The molecule has 5 nitrogen and oxygen atoms in total. The van der Waals surface area contributed by atoms with Crippen LogP contribution in [-0.4, -0.2) is 18.5 Å². The molecule has 1 aromatic heterocycles. The normalized spacial score (nSPS) is 12.3. The van der Waals surface area contributed by atoms with Gasteiger partial charge in [-0.3, -0.25) is 4.79 Å². The summed E-state index contributed by atoms with van der Waals surface area (Å²) in [4.78, 5) is 23.5. The largest absolute Gasteiger partial charge is 0.422 e. The molecular weight excluding hydrogens is 232 g/mol. The van der Waals surface area contributed by atoms with Crippen molar-refractivity contribution >= 4 is 16.9 Å². The van der Waals surface area contributed by atoms with Crippen LogP contribution in [0.2, 0.25) is 0 Å². The lowest BCUT2D eigenvalue weighted by Gasteiger charge is -2.10. The zero-order valence-electron chi connectivity index (χ0n) is 9.97. The highest BCUT2D eigenvalue weighted by Crippen LogP contribution is 2.12. The van der Waals surface area contributed by atoms with Crippen molar-refractivity contribution in [2.75, 3.05) is 6.54 Å². The number of rotatable bonds is 3. The first-order valence-electron chi connectivity index (χ1n) is 5.65. The molecule has 0 aliphatic heterocycles. The van der Waals surface area contributed by atoms with Gasteiger partial charge in [0.05, 0.1) is 0 Å². The molecule has 5 heteroatoms. The van der Waals surface area contributed by atoms with E-state index in [-0.39, 0.29) is 11.6 Å². The fourth-order valence-electron chi connectivity index (χ4n) is 1.58. The van der Waals surface area contributed by atoms with E-state index >= 15 is 0 Å². The van der Waals surface area contributed by atoms with Gasteiger partial charge in [0.25, 0.3) is 5.91 Å². The van der Waals surface area contributed by atoms with Crippen LogP contribution in [0.15, 0.2) is 39.5 Å². The van der Waals surface area contributed by atoms with Crippen LogP contribution < -0.4 is 16.7 Å². The lowest BCUT2D eigenvalue weighted by Crippen LogP contribution is -2.39. The van der Waals surface area contributed by atoms with Crippen molar-refractivity contribution in [2.24, 2.45) is 5.73 Å². The van der Waals surface area contributed by atoms with E-state index in [1.165, 1.54) is 6.07 Å². The number of fused-ring (bicyclic) bond motifs is 1. The molecule has 0 aliphatic carbocycles. The average Bonchev–Trinajstić information content (AvgIpc) is 2.37. The Bertz CT molecular complexity index is 633. The minimum Gasteiger partial charge on any atom is -0.422 e. The van der Waals surface area contributed by atoms with Crippen LogP contribution in [0.4, 0.5) is 0 Å². The zero-order valence-corrected chi connectivity index (χ0v) is 9.97. The Balaban J connectivity index is 2.42. The van der Waals surface area contributed by atoms with E-state index in [0.717, 1.165) is 0 Å². The Morgan fingerprint density at radius 2 is 2.17 bits per heavy atom. The van der Waals surface area contributed by atoms with Gasteiger partial charge in [0.1, 0.15) is 11.1 Å². The third-order valence-electron chi connectivity index (χ3n) is 2.62. The molecule has 1 amide bonds. The molecule has 0 bridgehead atoms. The second kappa shape index (κ2) is 5.01. The summed E-state index contributed by atoms with van der Waals surface area (Å²) in [6, 6.07) is 8.37.